The second kappa shape index (κ2) is 9.26. The fourth-order valence-corrected chi connectivity index (χ4v) is 3.10. The maximum Gasteiger partial charge on any atom is 0.270 e. The normalized spacial score (nSPS) is 14.7. The first-order valence-electron chi connectivity index (χ1n) is 9.42. The number of carbonyl (C=O) groups is 1. The second-order valence-corrected chi connectivity index (χ2v) is 6.85. The maximum atomic E-state index is 12.4. The first-order valence-corrected chi connectivity index (χ1v) is 9.42. The van der Waals surface area contributed by atoms with Gasteiger partial charge in [-0.15, -0.1) is 0 Å². The number of rotatable bonds is 7. The van der Waals surface area contributed by atoms with Crippen molar-refractivity contribution in [1.82, 2.24) is 10.3 Å². The zero-order chi connectivity index (χ0) is 19.1. The molecule has 1 fully saturated rings. The molecule has 1 aromatic heterocycles. The molecule has 1 amide bonds. The number of hydrogen-bond donors (Lipinski definition) is 1. The molecule has 144 valence electrons. The highest BCUT2D eigenvalue weighted by molar-refractivity contribution is 5.93. The van der Waals surface area contributed by atoms with E-state index in [2.05, 4.69) is 22.1 Å². The standard InChI is InChI=1S/C21H27N3O3/c1-16-8-12-24(13-9-16)17-7-10-22-20(15-17)21(25)23-11-14-27-19-5-3-18(26-2)4-6-19/h3-7,10,15-16H,8-9,11-14H2,1-2H3,(H,23,25). The molecule has 0 unspecified atom stereocenters. The van der Waals surface area contributed by atoms with E-state index in [1.807, 2.05) is 36.4 Å². The Morgan fingerprint density at radius 1 is 1.19 bits per heavy atom. The molecule has 1 aliphatic rings. The summed E-state index contributed by atoms with van der Waals surface area (Å²) in [5.41, 5.74) is 1.51. The summed E-state index contributed by atoms with van der Waals surface area (Å²) in [5.74, 6) is 2.12. The van der Waals surface area contributed by atoms with Gasteiger partial charge in [0.05, 0.1) is 13.7 Å². The molecule has 0 bridgehead atoms. The fraction of sp³-hybridized carbons (Fsp3) is 0.429. The average Bonchev–Trinajstić information content (AvgIpc) is 2.72. The number of nitrogens with one attached hydrogen (secondary N) is 1. The summed E-state index contributed by atoms with van der Waals surface area (Å²) in [5, 5.41) is 2.86. The van der Waals surface area contributed by atoms with E-state index in [1.165, 1.54) is 12.8 Å². The van der Waals surface area contributed by atoms with E-state index in [9.17, 15) is 4.79 Å². The molecule has 2 heterocycles. The Morgan fingerprint density at radius 3 is 2.59 bits per heavy atom. The van der Waals surface area contributed by atoms with Gasteiger partial charge < -0.3 is 19.7 Å². The number of anilines is 1. The Bertz CT molecular complexity index is 741. The number of nitrogens with zero attached hydrogens (tertiary/aromatic N) is 2. The molecule has 1 N–H and O–H groups in total. The van der Waals surface area contributed by atoms with Gasteiger partial charge in [0, 0.05) is 25.0 Å². The summed E-state index contributed by atoms with van der Waals surface area (Å²) in [6.45, 7) is 5.15. The van der Waals surface area contributed by atoms with Gasteiger partial charge in [0.1, 0.15) is 23.8 Å². The van der Waals surface area contributed by atoms with Crippen LogP contribution in [-0.2, 0) is 0 Å². The minimum Gasteiger partial charge on any atom is -0.497 e. The van der Waals surface area contributed by atoms with Crippen LogP contribution in [0.1, 0.15) is 30.3 Å². The van der Waals surface area contributed by atoms with Crippen molar-refractivity contribution < 1.29 is 14.3 Å². The Morgan fingerprint density at radius 2 is 1.89 bits per heavy atom. The summed E-state index contributed by atoms with van der Waals surface area (Å²) in [6.07, 6.45) is 4.08. The summed E-state index contributed by atoms with van der Waals surface area (Å²) < 4.78 is 10.7. The number of pyridine rings is 1. The van der Waals surface area contributed by atoms with E-state index in [0.29, 0.717) is 18.8 Å². The predicted octanol–water partition coefficient (Wildman–Crippen LogP) is 3.14. The van der Waals surface area contributed by atoms with E-state index in [4.69, 9.17) is 9.47 Å². The number of benzene rings is 1. The second-order valence-electron chi connectivity index (χ2n) is 6.85. The fourth-order valence-electron chi connectivity index (χ4n) is 3.10. The molecule has 0 spiro atoms. The summed E-state index contributed by atoms with van der Waals surface area (Å²) in [7, 11) is 1.63. The van der Waals surface area contributed by atoms with Crippen LogP contribution in [0.4, 0.5) is 5.69 Å². The molecule has 0 saturated carbocycles. The lowest BCUT2D eigenvalue weighted by molar-refractivity contribution is 0.0942. The lowest BCUT2D eigenvalue weighted by Gasteiger charge is -2.32. The molecule has 1 saturated heterocycles. The van der Waals surface area contributed by atoms with Crippen molar-refractivity contribution in [3.8, 4) is 11.5 Å². The first-order chi connectivity index (χ1) is 13.2. The summed E-state index contributed by atoms with van der Waals surface area (Å²) in [6, 6.07) is 11.2. The number of amides is 1. The van der Waals surface area contributed by atoms with Crippen molar-refractivity contribution in [3.63, 3.8) is 0 Å². The Hall–Kier alpha value is -2.76. The van der Waals surface area contributed by atoms with Crippen LogP contribution in [0.5, 0.6) is 11.5 Å². The molecule has 0 aliphatic carbocycles. The molecule has 2 aromatic rings. The minimum atomic E-state index is -0.180. The van der Waals surface area contributed by atoms with Gasteiger partial charge in [-0.1, -0.05) is 6.92 Å². The van der Waals surface area contributed by atoms with Crippen LogP contribution in [0.15, 0.2) is 42.6 Å². The van der Waals surface area contributed by atoms with Gasteiger partial charge in [-0.3, -0.25) is 9.78 Å². The topological polar surface area (TPSA) is 63.7 Å². The summed E-state index contributed by atoms with van der Waals surface area (Å²) >= 11 is 0. The Labute approximate surface area is 160 Å². The van der Waals surface area contributed by atoms with E-state index in [-0.39, 0.29) is 5.91 Å². The molecule has 27 heavy (non-hydrogen) atoms. The monoisotopic (exact) mass is 369 g/mol. The van der Waals surface area contributed by atoms with Crippen LogP contribution in [0.25, 0.3) is 0 Å². The lowest BCUT2D eigenvalue weighted by atomic mass is 9.99. The number of aromatic nitrogens is 1. The van der Waals surface area contributed by atoms with Crippen LogP contribution >= 0.6 is 0 Å². The highest BCUT2D eigenvalue weighted by Crippen LogP contribution is 2.23. The van der Waals surface area contributed by atoms with Gasteiger partial charge in [0.2, 0.25) is 0 Å². The van der Waals surface area contributed by atoms with Gasteiger partial charge in [-0.05, 0) is 55.2 Å². The SMILES string of the molecule is COc1ccc(OCCNC(=O)c2cc(N3CCC(C)CC3)ccn2)cc1. The Kier molecular flexibility index (Phi) is 6.52. The number of hydrogen-bond acceptors (Lipinski definition) is 5. The third-order valence-corrected chi connectivity index (χ3v) is 4.84. The van der Waals surface area contributed by atoms with Gasteiger partial charge in [0.15, 0.2) is 0 Å². The molecule has 6 nitrogen and oxygen atoms in total. The lowest BCUT2D eigenvalue weighted by Crippen LogP contribution is -2.33. The maximum absolute atomic E-state index is 12.4. The van der Waals surface area contributed by atoms with Gasteiger partial charge in [-0.2, -0.15) is 0 Å². The predicted molar refractivity (Wildman–Crippen MR) is 106 cm³/mol. The minimum absolute atomic E-state index is 0.180. The zero-order valence-electron chi connectivity index (χ0n) is 16.0. The van der Waals surface area contributed by atoms with Crippen LogP contribution in [0, 0.1) is 5.92 Å². The van der Waals surface area contributed by atoms with Gasteiger partial charge in [-0.25, -0.2) is 0 Å². The first kappa shape index (κ1) is 19.0. The number of methoxy groups -OCH3 is 1. The van der Waals surface area contributed by atoms with Crippen molar-refractivity contribution in [1.29, 1.82) is 0 Å². The van der Waals surface area contributed by atoms with E-state index in [0.717, 1.165) is 36.2 Å². The smallest absolute Gasteiger partial charge is 0.270 e. The third kappa shape index (κ3) is 5.36. The quantitative estimate of drug-likeness (QED) is 0.760. The van der Waals surface area contributed by atoms with Crippen molar-refractivity contribution in [2.24, 2.45) is 5.92 Å². The molecule has 1 aromatic carbocycles. The zero-order valence-corrected chi connectivity index (χ0v) is 16.0. The van der Waals surface area contributed by atoms with Gasteiger partial charge in [0.25, 0.3) is 5.91 Å². The van der Waals surface area contributed by atoms with Crippen molar-refractivity contribution in [2.45, 2.75) is 19.8 Å². The van der Waals surface area contributed by atoms with E-state index in [1.54, 1.807) is 13.3 Å². The highest BCUT2D eigenvalue weighted by atomic mass is 16.5. The Balaban J connectivity index is 1.47. The van der Waals surface area contributed by atoms with Gasteiger partial charge >= 0.3 is 0 Å². The van der Waals surface area contributed by atoms with E-state index >= 15 is 0 Å². The molecule has 6 heteroatoms. The molecule has 0 atom stereocenters. The average molecular weight is 369 g/mol. The summed E-state index contributed by atoms with van der Waals surface area (Å²) in [4.78, 5) is 18.9. The van der Waals surface area contributed by atoms with E-state index < -0.39 is 0 Å². The number of ether oxygens (including phenoxy) is 2. The number of piperidine rings is 1. The van der Waals surface area contributed by atoms with Crippen molar-refractivity contribution in [2.75, 3.05) is 38.3 Å². The molecule has 1 aliphatic heterocycles. The van der Waals surface area contributed by atoms with Crippen molar-refractivity contribution >= 4 is 11.6 Å². The molecule has 3 rings (SSSR count). The van der Waals surface area contributed by atoms with Crippen LogP contribution in [-0.4, -0.2) is 44.2 Å². The molecular formula is C21H27N3O3. The largest absolute Gasteiger partial charge is 0.497 e. The van der Waals surface area contributed by atoms with Crippen molar-refractivity contribution in [3.05, 3.63) is 48.3 Å². The van der Waals surface area contributed by atoms with Crippen LogP contribution in [0.3, 0.4) is 0 Å². The van der Waals surface area contributed by atoms with Crippen LogP contribution in [0.2, 0.25) is 0 Å². The van der Waals surface area contributed by atoms with Crippen LogP contribution < -0.4 is 19.7 Å². The number of carbonyl (C=O) groups excluding carboxylic acids is 1. The third-order valence-electron chi connectivity index (χ3n) is 4.84. The molecular weight excluding hydrogens is 342 g/mol. The molecule has 0 radical (unpaired) electrons. The highest BCUT2D eigenvalue weighted by Gasteiger charge is 2.17.